The summed E-state index contributed by atoms with van der Waals surface area (Å²) >= 11 is 12.6. The zero-order chi connectivity index (χ0) is 22.7. The number of nitrogens with zero attached hydrogens (tertiary/aromatic N) is 2. The number of pyridine rings is 2. The van der Waals surface area contributed by atoms with E-state index in [1.165, 1.54) is 0 Å². The van der Waals surface area contributed by atoms with Crippen molar-refractivity contribution in [1.29, 1.82) is 0 Å². The Balaban J connectivity index is 1.76. The molecule has 0 bridgehead atoms. The molecule has 2 aromatic heterocycles. The highest BCUT2D eigenvalue weighted by atomic mass is 35.5. The van der Waals surface area contributed by atoms with Crippen LogP contribution < -0.4 is 19.5 Å². The molecule has 1 N–H and O–H groups in total. The highest BCUT2D eigenvalue weighted by molar-refractivity contribution is 6.33. The Labute approximate surface area is 196 Å². The van der Waals surface area contributed by atoms with Crippen LogP contribution >= 0.6 is 23.2 Å². The second-order valence-corrected chi connectivity index (χ2v) is 7.72. The smallest absolute Gasteiger partial charge is 0.145 e. The lowest BCUT2D eigenvalue weighted by Crippen LogP contribution is -2.05. The van der Waals surface area contributed by atoms with Crippen LogP contribution in [-0.4, -0.2) is 31.3 Å². The van der Waals surface area contributed by atoms with Crippen LogP contribution in [0.3, 0.4) is 0 Å². The van der Waals surface area contributed by atoms with Crippen molar-refractivity contribution in [3.8, 4) is 28.4 Å². The first-order valence-corrected chi connectivity index (χ1v) is 10.5. The van der Waals surface area contributed by atoms with Crippen LogP contribution in [0.25, 0.3) is 21.9 Å². The molecule has 32 heavy (non-hydrogen) atoms. The Morgan fingerprint density at radius 2 is 1.69 bits per heavy atom. The Morgan fingerprint density at radius 3 is 2.44 bits per heavy atom. The van der Waals surface area contributed by atoms with Crippen LogP contribution in [0.2, 0.25) is 10.2 Å². The van der Waals surface area contributed by atoms with Crippen LogP contribution in [0, 0.1) is 0 Å². The van der Waals surface area contributed by atoms with E-state index in [1.807, 2.05) is 36.4 Å². The van der Waals surface area contributed by atoms with Gasteiger partial charge in [-0.3, -0.25) is 0 Å². The molecule has 0 aliphatic heterocycles. The van der Waals surface area contributed by atoms with Crippen molar-refractivity contribution in [1.82, 2.24) is 9.97 Å². The first-order chi connectivity index (χ1) is 15.5. The monoisotopic (exact) mass is 469 g/mol. The van der Waals surface area contributed by atoms with Gasteiger partial charge in [-0.25, -0.2) is 9.97 Å². The first kappa shape index (κ1) is 22.0. The maximum Gasteiger partial charge on any atom is 0.145 e. The summed E-state index contributed by atoms with van der Waals surface area (Å²) in [6, 6.07) is 13.1. The summed E-state index contributed by atoms with van der Waals surface area (Å²) < 4.78 is 16.3. The van der Waals surface area contributed by atoms with E-state index >= 15 is 0 Å². The molecular formula is C24H21Cl2N3O3. The maximum absolute atomic E-state index is 6.34. The van der Waals surface area contributed by atoms with Gasteiger partial charge in [-0.2, -0.15) is 0 Å². The number of hydrogen-bond donors (Lipinski definition) is 1. The van der Waals surface area contributed by atoms with Gasteiger partial charge in [0.1, 0.15) is 28.2 Å². The van der Waals surface area contributed by atoms with E-state index in [-0.39, 0.29) is 0 Å². The second-order valence-electron chi connectivity index (χ2n) is 6.93. The molecule has 0 unspecified atom stereocenters. The Kier molecular flexibility index (Phi) is 6.53. The van der Waals surface area contributed by atoms with Crippen LogP contribution in [0.15, 0.2) is 54.9 Å². The van der Waals surface area contributed by atoms with Gasteiger partial charge >= 0.3 is 0 Å². The van der Waals surface area contributed by atoms with Gasteiger partial charge in [-0.05, 0) is 29.7 Å². The van der Waals surface area contributed by atoms with Gasteiger partial charge < -0.3 is 19.5 Å². The summed E-state index contributed by atoms with van der Waals surface area (Å²) in [7, 11) is 4.84. The molecular weight excluding hydrogens is 449 g/mol. The lowest BCUT2D eigenvalue weighted by molar-refractivity contribution is 0.391. The molecule has 4 rings (SSSR count). The Hall–Kier alpha value is -3.22. The summed E-state index contributed by atoms with van der Waals surface area (Å²) in [5.41, 5.74) is 2.63. The fraction of sp³-hybridized carbons (Fsp3) is 0.167. The zero-order valence-corrected chi connectivity index (χ0v) is 19.3. The Bertz CT molecular complexity index is 1280. The van der Waals surface area contributed by atoms with Crippen molar-refractivity contribution in [2.24, 2.45) is 0 Å². The minimum absolute atomic E-state index is 0.383. The van der Waals surface area contributed by atoms with Crippen molar-refractivity contribution in [3.63, 3.8) is 0 Å². The predicted molar refractivity (Wildman–Crippen MR) is 128 cm³/mol. The Morgan fingerprint density at radius 1 is 0.844 bits per heavy atom. The van der Waals surface area contributed by atoms with Crippen LogP contribution in [0.1, 0.15) is 5.56 Å². The molecule has 8 heteroatoms. The number of ether oxygens (including phenoxy) is 3. The van der Waals surface area contributed by atoms with Gasteiger partial charge in [-0.1, -0.05) is 35.3 Å². The SMILES string of the molecule is COc1ccc(CNc2ncc(-c3cccc(Cl)c3OC)c3cc(Cl)ncc23)c(OC)c1. The van der Waals surface area contributed by atoms with Gasteiger partial charge in [-0.15, -0.1) is 0 Å². The normalized spacial score (nSPS) is 10.8. The topological polar surface area (TPSA) is 65.5 Å². The number of halogens is 2. The van der Waals surface area contributed by atoms with Crippen LogP contribution in [0.5, 0.6) is 17.2 Å². The number of benzene rings is 2. The first-order valence-electron chi connectivity index (χ1n) is 9.77. The molecule has 0 atom stereocenters. The summed E-state index contributed by atoms with van der Waals surface area (Å²) in [4.78, 5) is 8.93. The third kappa shape index (κ3) is 4.24. The summed E-state index contributed by atoms with van der Waals surface area (Å²) in [5, 5.41) is 5.99. The third-order valence-corrected chi connectivity index (χ3v) is 5.64. The summed E-state index contributed by atoms with van der Waals surface area (Å²) in [5.74, 6) is 2.70. The van der Waals surface area contributed by atoms with E-state index in [1.54, 1.807) is 39.8 Å². The number of methoxy groups -OCH3 is 3. The van der Waals surface area contributed by atoms with Crippen molar-refractivity contribution in [3.05, 3.63) is 70.6 Å². The molecule has 0 aliphatic rings. The quantitative estimate of drug-likeness (QED) is 0.323. The largest absolute Gasteiger partial charge is 0.497 e. The van der Waals surface area contributed by atoms with Gasteiger partial charge in [0.2, 0.25) is 0 Å². The molecule has 2 aromatic carbocycles. The fourth-order valence-corrected chi connectivity index (χ4v) is 3.98. The summed E-state index contributed by atoms with van der Waals surface area (Å²) in [6.45, 7) is 0.498. The number of para-hydroxylation sites is 1. The predicted octanol–water partition coefficient (Wildman–Crippen LogP) is 6.24. The van der Waals surface area contributed by atoms with Crippen LogP contribution in [-0.2, 0) is 6.54 Å². The highest BCUT2D eigenvalue weighted by Gasteiger charge is 2.16. The number of hydrogen-bond acceptors (Lipinski definition) is 6. The molecule has 164 valence electrons. The molecule has 4 aromatic rings. The van der Waals surface area contributed by atoms with E-state index in [9.17, 15) is 0 Å². The molecule has 0 amide bonds. The van der Waals surface area contributed by atoms with Crippen LogP contribution in [0.4, 0.5) is 5.82 Å². The number of aromatic nitrogens is 2. The molecule has 0 saturated heterocycles. The van der Waals surface area contributed by atoms with E-state index < -0.39 is 0 Å². The highest BCUT2D eigenvalue weighted by Crippen LogP contribution is 2.40. The molecule has 2 heterocycles. The summed E-state index contributed by atoms with van der Waals surface area (Å²) in [6.07, 6.45) is 3.49. The fourth-order valence-electron chi connectivity index (χ4n) is 3.57. The third-order valence-electron chi connectivity index (χ3n) is 5.14. The second kappa shape index (κ2) is 9.51. The molecule has 0 saturated carbocycles. The van der Waals surface area contributed by atoms with Crippen molar-refractivity contribution in [2.45, 2.75) is 6.54 Å². The van der Waals surface area contributed by atoms with Gasteiger partial charge in [0.05, 0.1) is 26.4 Å². The van der Waals surface area contributed by atoms with Gasteiger partial charge in [0.25, 0.3) is 0 Å². The number of anilines is 1. The van der Waals surface area contributed by atoms with Crippen molar-refractivity contribution >= 4 is 39.8 Å². The lowest BCUT2D eigenvalue weighted by Gasteiger charge is -2.16. The molecule has 0 radical (unpaired) electrons. The number of fused-ring (bicyclic) bond motifs is 1. The lowest BCUT2D eigenvalue weighted by atomic mass is 10.0. The van der Waals surface area contributed by atoms with E-state index in [0.29, 0.717) is 28.3 Å². The van der Waals surface area contributed by atoms with E-state index in [0.717, 1.165) is 39.0 Å². The molecule has 0 aliphatic carbocycles. The molecule has 0 fully saturated rings. The van der Waals surface area contributed by atoms with Crippen molar-refractivity contribution < 1.29 is 14.2 Å². The zero-order valence-electron chi connectivity index (χ0n) is 17.8. The minimum atomic E-state index is 0.383. The molecule has 6 nitrogen and oxygen atoms in total. The van der Waals surface area contributed by atoms with E-state index in [2.05, 4.69) is 15.3 Å². The average Bonchev–Trinajstić information content (AvgIpc) is 2.82. The molecule has 0 spiro atoms. The van der Waals surface area contributed by atoms with Crippen molar-refractivity contribution in [2.75, 3.05) is 26.6 Å². The number of rotatable bonds is 7. The van der Waals surface area contributed by atoms with Gasteiger partial charge in [0.15, 0.2) is 0 Å². The minimum Gasteiger partial charge on any atom is -0.497 e. The van der Waals surface area contributed by atoms with E-state index in [4.69, 9.17) is 37.4 Å². The average molecular weight is 470 g/mol. The van der Waals surface area contributed by atoms with Gasteiger partial charge in [0, 0.05) is 47.1 Å². The maximum atomic E-state index is 6.34. The number of nitrogens with one attached hydrogen (secondary N) is 1. The standard InChI is InChI=1S/C24H21Cl2N3O3/c1-30-15-8-7-14(21(9-15)31-2)11-28-24-19-13-27-22(26)10-17(19)18(12-29-24)16-5-4-6-20(25)23(16)32-3/h4-10,12-13H,11H2,1-3H3,(H,28,29).